The number of fused-ring (bicyclic) bond motifs is 2. The van der Waals surface area contributed by atoms with Crippen molar-refractivity contribution < 1.29 is 9.53 Å². The van der Waals surface area contributed by atoms with E-state index in [1.54, 1.807) is 18.3 Å². The van der Waals surface area contributed by atoms with Gasteiger partial charge in [0.2, 0.25) is 0 Å². The van der Waals surface area contributed by atoms with Crippen molar-refractivity contribution in [2.24, 2.45) is 0 Å². The molecule has 0 unspecified atom stereocenters. The molecule has 0 fully saturated rings. The molecule has 1 aromatic carbocycles. The highest BCUT2D eigenvalue weighted by atomic mass is 16.5. The molecule has 7 nitrogen and oxygen atoms in total. The zero-order valence-electron chi connectivity index (χ0n) is 13.7. The van der Waals surface area contributed by atoms with Gasteiger partial charge in [0, 0.05) is 30.4 Å². The first kappa shape index (κ1) is 15.3. The zero-order valence-corrected chi connectivity index (χ0v) is 13.7. The third-order valence-electron chi connectivity index (χ3n) is 4.12. The first-order valence-electron chi connectivity index (χ1n) is 7.93. The summed E-state index contributed by atoms with van der Waals surface area (Å²) in [6.45, 7) is 1.28. The van der Waals surface area contributed by atoms with Crippen molar-refractivity contribution in [1.82, 2.24) is 25.5 Å². The fourth-order valence-electron chi connectivity index (χ4n) is 2.87. The maximum Gasteiger partial charge on any atom is 0.337 e. The van der Waals surface area contributed by atoms with Crippen LogP contribution in [0, 0.1) is 0 Å². The average Bonchev–Trinajstić information content (AvgIpc) is 3.24. The van der Waals surface area contributed by atoms with Crippen LogP contribution in [-0.2, 0) is 17.8 Å². The molecule has 0 radical (unpaired) electrons. The summed E-state index contributed by atoms with van der Waals surface area (Å²) in [7, 11) is 1.37. The zero-order chi connectivity index (χ0) is 17.2. The van der Waals surface area contributed by atoms with Gasteiger partial charge in [0.25, 0.3) is 0 Å². The van der Waals surface area contributed by atoms with Crippen molar-refractivity contribution in [3.8, 4) is 0 Å². The number of nitrogens with zero attached hydrogens (tertiary/aromatic N) is 2. The van der Waals surface area contributed by atoms with Crippen molar-refractivity contribution >= 4 is 27.9 Å². The van der Waals surface area contributed by atoms with E-state index in [4.69, 9.17) is 4.74 Å². The highest BCUT2D eigenvalue weighted by Gasteiger charge is 2.11. The molecule has 4 aromatic rings. The third-order valence-corrected chi connectivity index (χ3v) is 4.12. The van der Waals surface area contributed by atoms with Gasteiger partial charge in [0.1, 0.15) is 0 Å². The summed E-state index contributed by atoms with van der Waals surface area (Å²) in [6, 6.07) is 11.3. The van der Waals surface area contributed by atoms with E-state index in [1.807, 2.05) is 24.3 Å². The second kappa shape index (κ2) is 6.37. The SMILES string of the molecule is COC(=O)c1ccc2n[nH]c(CNCc3cc4ncccc4[nH]3)c2c1. The predicted octanol–water partition coefficient (Wildman–Crippen LogP) is 2.52. The van der Waals surface area contributed by atoms with Gasteiger partial charge in [0.05, 0.1) is 34.9 Å². The van der Waals surface area contributed by atoms with Crippen LogP contribution in [0.4, 0.5) is 0 Å². The number of carbonyl (C=O) groups is 1. The van der Waals surface area contributed by atoms with Crippen molar-refractivity contribution in [1.29, 1.82) is 0 Å². The summed E-state index contributed by atoms with van der Waals surface area (Å²) in [6.07, 6.45) is 1.78. The predicted molar refractivity (Wildman–Crippen MR) is 94.1 cm³/mol. The van der Waals surface area contributed by atoms with Gasteiger partial charge in [-0.1, -0.05) is 0 Å². The first-order chi connectivity index (χ1) is 12.2. The molecule has 3 N–H and O–H groups in total. The number of pyridine rings is 1. The van der Waals surface area contributed by atoms with Crippen molar-refractivity contribution in [2.75, 3.05) is 7.11 Å². The molecule has 4 rings (SSSR count). The molecule has 7 heteroatoms. The van der Waals surface area contributed by atoms with Gasteiger partial charge in [-0.3, -0.25) is 10.1 Å². The van der Waals surface area contributed by atoms with Crippen molar-refractivity contribution in [2.45, 2.75) is 13.1 Å². The van der Waals surface area contributed by atoms with Crippen LogP contribution in [0.1, 0.15) is 21.7 Å². The monoisotopic (exact) mass is 335 g/mol. The molecular weight excluding hydrogens is 318 g/mol. The Bertz CT molecular complexity index is 1020. The molecule has 0 bridgehead atoms. The quantitative estimate of drug-likeness (QED) is 0.487. The molecular formula is C18H17N5O2. The number of aromatic nitrogens is 4. The number of aromatic amines is 2. The number of nitrogens with one attached hydrogen (secondary N) is 3. The Morgan fingerprint density at radius 2 is 2.12 bits per heavy atom. The van der Waals surface area contributed by atoms with Crippen LogP contribution in [0.3, 0.4) is 0 Å². The van der Waals surface area contributed by atoms with Crippen LogP contribution in [0.25, 0.3) is 21.9 Å². The smallest absolute Gasteiger partial charge is 0.337 e. The Balaban J connectivity index is 1.49. The van der Waals surface area contributed by atoms with Crippen LogP contribution in [0.5, 0.6) is 0 Å². The lowest BCUT2D eigenvalue weighted by atomic mass is 10.1. The molecule has 0 amide bonds. The van der Waals surface area contributed by atoms with Crippen molar-refractivity contribution in [3.05, 3.63) is 59.5 Å². The topological polar surface area (TPSA) is 95.7 Å². The third kappa shape index (κ3) is 2.97. The fourth-order valence-corrected chi connectivity index (χ4v) is 2.87. The molecule has 0 spiro atoms. The summed E-state index contributed by atoms with van der Waals surface area (Å²) in [5.41, 5.74) is 5.30. The maximum absolute atomic E-state index is 11.7. The summed E-state index contributed by atoms with van der Waals surface area (Å²) in [4.78, 5) is 19.3. The Hall–Kier alpha value is -3.19. The Morgan fingerprint density at radius 3 is 2.96 bits per heavy atom. The fraction of sp³-hybridized carbons (Fsp3) is 0.167. The summed E-state index contributed by atoms with van der Waals surface area (Å²) >= 11 is 0. The van der Waals surface area contributed by atoms with Gasteiger partial charge in [-0.15, -0.1) is 0 Å². The van der Waals surface area contributed by atoms with E-state index in [0.29, 0.717) is 18.7 Å². The van der Waals surface area contributed by atoms with Gasteiger partial charge < -0.3 is 15.0 Å². The lowest BCUT2D eigenvalue weighted by molar-refractivity contribution is 0.0601. The molecule has 0 saturated carbocycles. The van der Waals surface area contributed by atoms with Gasteiger partial charge in [-0.25, -0.2) is 4.79 Å². The molecule has 0 saturated heterocycles. The van der Waals surface area contributed by atoms with Gasteiger partial charge in [-0.2, -0.15) is 5.10 Å². The highest BCUT2D eigenvalue weighted by molar-refractivity contribution is 5.95. The second-order valence-corrected chi connectivity index (χ2v) is 5.76. The maximum atomic E-state index is 11.7. The Kier molecular flexibility index (Phi) is 3.91. The number of H-pyrrole nitrogens is 2. The van der Waals surface area contributed by atoms with Crippen LogP contribution in [-0.4, -0.2) is 33.2 Å². The molecule has 3 aromatic heterocycles. The van der Waals surface area contributed by atoms with Gasteiger partial charge >= 0.3 is 5.97 Å². The Morgan fingerprint density at radius 1 is 1.20 bits per heavy atom. The van der Waals surface area contributed by atoms with Crippen LogP contribution >= 0.6 is 0 Å². The molecule has 0 aliphatic heterocycles. The minimum atomic E-state index is -0.354. The Labute approximate surface area is 143 Å². The normalized spacial score (nSPS) is 11.2. The number of esters is 1. The summed E-state index contributed by atoms with van der Waals surface area (Å²) in [5, 5.41) is 11.6. The van der Waals surface area contributed by atoms with E-state index in [9.17, 15) is 4.79 Å². The van der Waals surface area contributed by atoms with E-state index in [0.717, 1.165) is 33.3 Å². The van der Waals surface area contributed by atoms with Gasteiger partial charge in [0.15, 0.2) is 0 Å². The minimum absolute atomic E-state index is 0.354. The molecule has 0 aliphatic rings. The molecule has 3 heterocycles. The number of ether oxygens (including phenoxy) is 1. The average molecular weight is 335 g/mol. The largest absolute Gasteiger partial charge is 0.465 e. The van der Waals surface area contributed by atoms with E-state index < -0.39 is 0 Å². The van der Waals surface area contributed by atoms with Crippen LogP contribution in [0.2, 0.25) is 0 Å². The highest BCUT2D eigenvalue weighted by Crippen LogP contribution is 2.18. The van der Waals surface area contributed by atoms with Crippen LogP contribution < -0.4 is 5.32 Å². The van der Waals surface area contributed by atoms with E-state index in [1.165, 1.54) is 7.11 Å². The number of hydrogen-bond acceptors (Lipinski definition) is 5. The van der Waals surface area contributed by atoms with Crippen molar-refractivity contribution in [3.63, 3.8) is 0 Å². The first-order valence-corrected chi connectivity index (χ1v) is 7.93. The standard InChI is InChI=1S/C18H17N5O2/c1-25-18(24)11-4-5-14-13(7-11)17(23-22-14)10-19-9-12-8-16-15(21-12)3-2-6-20-16/h2-8,19,21H,9-10H2,1H3,(H,22,23). The summed E-state index contributed by atoms with van der Waals surface area (Å²) in [5.74, 6) is -0.354. The number of benzene rings is 1. The van der Waals surface area contributed by atoms with E-state index in [2.05, 4.69) is 25.5 Å². The minimum Gasteiger partial charge on any atom is -0.465 e. The lowest BCUT2D eigenvalue weighted by Crippen LogP contribution is -2.13. The summed E-state index contributed by atoms with van der Waals surface area (Å²) < 4.78 is 4.77. The molecule has 0 aliphatic carbocycles. The van der Waals surface area contributed by atoms with E-state index >= 15 is 0 Å². The lowest BCUT2D eigenvalue weighted by Gasteiger charge is -2.03. The van der Waals surface area contributed by atoms with Gasteiger partial charge in [-0.05, 0) is 36.4 Å². The number of methoxy groups -OCH3 is 1. The van der Waals surface area contributed by atoms with Crippen LogP contribution in [0.15, 0.2) is 42.6 Å². The number of hydrogen-bond donors (Lipinski definition) is 3. The molecule has 25 heavy (non-hydrogen) atoms. The second-order valence-electron chi connectivity index (χ2n) is 5.76. The molecule has 126 valence electrons. The molecule has 0 atom stereocenters. The number of carbonyl (C=O) groups excluding carboxylic acids is 1. The number of rotatable bonds is 5. The van der Waals surface area contributed by atoms with E-state index in [-0.39, 0.29) is 5.97 Å².